The summed E-state index contributed by atoms with van der Waals surface area (Å²) < 4.78 is 5.34. The van der Waals surface area contributed by atoms with Crippen molar-refractivity contribution >= 4 is 5.91 Å². The SMILES string of the molecule is CC/C=C/C(=O)N1CCOC(C)C1. The first kappa shape index (κ1) is 10.3. The van der Waals surface area contributed by atoms with Gasteiger partial charge in [0.2, 0.25) is 5.91 Å². The van der Waals surface area contributed by atoms with Gasteiger partial charge >= 0.3 is 0 Å². The van der Waals surface area contributed by atoms with E-state index in [0.29, 0.717) is 13.2 Å². The minimum atomic E-state index is 0.108. The zero-order valence-electron chi connectivity index (χ0n) is 8.32. The van der Waals surface area contributed by atoms with Crippen molar-refractivity contribution in [2.24, 2.45) is 0 Å². The second-order valence-electron chi connectivity index (χ2n) is 3.28. The molecule has 0 aromatic rings. The fourth-order valence-electron chi connectivity index (χ4n) is 1.34. The molecule has 0 aliphatic carbocycles. The summed E-state index contributed by atoms with van der Waals surface area (Å²) in [5.74, 6) is 0.108. The smallest absolute Gasteiger partial charge is 0.246 e. The zero-order valence-corrected chi connectivity index (χ0v) is 8.32. The molecule has 0 aromatic heterocycles. The van der Waals surface area contributed by atoms with E-state index in [0.717, 1.165) is 13.0 Å². The van der Waals surface area contributed by atoms with Crippen molar-refractivity contribution in [3.8, 4) is 0 Å². The van der Waals surface area contributed by atoms with Gasteiger partial charge in [-0.15, -0.1) is 0 Å². The van der Waals surface area contributed by atoms with Crippen LogP contribution < -0.4 is 0 Å². The molecule has 13 heavy (non-hydrogen) atoms. The molecule has 0 N–H and O–H groups in total. The molecule has 0 aromatic carbocycles. The van der Waals surface area contributed by atoms with Crippen molar-refractivity contribution in [3.63, 3.8) is 0 Å². The number of ether oxygens (including phenoxy) is 1. The highest BCUT2D eigenvalue weighted by molar-refractivity contribution is 5.87. The highest BCUT2D eigenvalue weighted by Crippen LogP contribution is 2.04. The van der Waals surface area contributed by atoms with Crippen molar-refractivity contribution in [1.82, 2.24) is 4.90 Å². The van der Waals surface area contributed by atoms with E-state index in [1.807, 2.05) is 24.8 Å². The molecule has 3 heteroatoms. The second kappa shape index (κ2) is 5.02. The summed E-state index contributed by atoms with van der Waals surface area (Å²) in [6, 6.07) is 0. The summed E-state index contributed by atoms with van der Waals surface area (Å²) >= 11 is 0. The van der Waals surface area contributed by atoms with E-state index in [4.69, 9.17) is 4.74 Å². The van der Waals surface area contributed by atoms with Crippen LogP contribution in [0.15, 0.2) is 12.2 Å². The predicted octanol–water partition coefficient (Wildman–Crippen LogP) is 1.20. The van der Waals surface area contributed by atoms with Gasteiger partial charge in [-0.05, 0) is 19.4 Å². The number of amides is 1. The molecule has 74 valence electrons. The van der Waals surface area contributed by atoms with Gasteiger partial charge in [0.05, 0.1) is 12.7 Å². The fourth-order valence-corrected chi connectivity index (χ4v) is 1.34. The minimum absolute atomic E-state index is 0.108. The van der Waals surface area contributed by atoms with E-state index in [-0.39, 0.29) is 12.0 Å². The summed E-state index contributed by atoms with van der Waals surface area (Å²) in [5.41, 5.74) is 0. The van der Waals surface area contributed by atoms with Gasteiger partial charge in [-0.25, -0.2) is 0 Å². The van der Waals surface area contributed by atoms with Crippen LogP contribution in [-0.4, -0.2) is 36.6 Å². The lowest BCUT2D eigenvalue weighted by Crippen LogP contribution is -2.43. The van der Waals surface area contributed by atoms with Crippen LogP contribution in [0, 0.1) is 0 Å². The Morgan fingerprint density at radius 1 is 1.69 bits per heavy atom. The molecule has 0 spiro atoms. The molecule has 1 fully saturated rings. The largest absolute Gasteiger partial charge is 0.375 e. The van der Waals surface area contributed by atoms with Crippen LogP contribution in [0.4, 0.5) is 0 Å². The van der Waals surface area contributed by atoms with Gasteiger partial charge in [0, 0.05) is 13.1 Å². The molecule has 1 rings (SSSR count). The Bertz CT molecular complexity index is 201. The molecule has 0 saturated carbocycles. The van der Waals surface area contributed by atoms with Crippen LogP contribution in [0.1, 0.15) is 20.3 Å². The first-order valence-corrected chi connectivity index (χ1v) is 4.81. The van der Waals surface area contributed by atoms with Gasteiger partial charge in [0.15, 0.2) is 0 Å². The third kappa shape index (κ3) is 3.19. The zero-order chi connectivity index (χ0) is 9.68. The molecule has 1 saturated heterocycles. The van der Waals surface area contributed by atoms with Crippen LogP contribution >= 0.6 is 0 Å². The number of carbonyl (C=O) groups excluding carboxylic acids is 1. The van der Waals surface area contributed by atoms with Gasteiger partial charge in [-0.1, -0.05) is 13.0 Å². The molecule has 3 nitrogen and oxygen atoms in total. The van der Waals surface area contributed by atoms with Crippen molar-refractivity contribution in [2.45, 2.75) is 26.4 Å². The lowest BCUT2D eigenvalue weighted by molar-refractivity contribution is -0.132. The van der Waals surface area contributed by atoms with E-state index in [1.165, 1.54) is 0 Å². The summed E-state index contributed by atoms with van der Waals surface area (Å²) in [4.78, 5) is 13.3. The van der Waals surface area contributed by atoms with Crippen LogP contribution in [0.2, 0.25) is 0 Å². The number of allylic oxidation sites excluding steroid dienone is 1. The number of morpholine rings is 1. The predicted molar refractivity (Wildman–Crippen MR) is 51.4 cm³/mol. The normalized spacial score (nSPS) is 23.8. The summed E-state index contributed by atoms with van der Waals surface area (Å²) in [6.07, 6.45) is 4.62. The maximum absolute atomic E-state index is 11.5. The second-order valence-corrected chi connectivity index (χ2v) is 3.28. The number of rotatable bonds is 2. The molecule has 0 radical (unpaired) electrons. The lowest BCUT2D eigenvalue weighted by Gasteiger charge is -2.30. The first-order valence-electron chi connectivity index (χ1n) is 4.81. The van der Waals surface area contributed by atoms with Crippen LogP contribution in [0.25, 0.3) is 0 Å². The summed E-state index contributed by atoms with van der Waals surface area (Å²) in [6.45, 7) is 6.10. The third-order valence-corrected chi connectivity index (χ3v) is 2.05. The Labute approximate surface area is 79.4 Å². The van der Waals surface area contributed by atoms with E-state index < -0.39 is 0 Å². The monoisotopic (exact) mass is 183 g/mol. The van der Waals surface area contributed by atoms with E-state index >= 15 is 0 Å². The third-order valence-electron chi connectivity index (χ3n) is 2.05. The Hall–Kier alpha value is -0.830. The molecule has 1 atom stereocenters. The van der Waals surface area contributed by atoms with Crippen LogP contribution in [-0.2, 0) is 9.53 Å². The van der Waals surface area contributed by atoms with Crippen LogP contribution in [0.5, 0.6) is 0 Å². The number of carbonyl (C=O) groups is 1. The Morgan fingerprint density at radius 3 is 3.08 bits per heavy atom. The molecule has 1 amide bonds. The molecule has 0 bridgehead atoms. The van der Waals surface area contributed by atoms with Gasteiger partial charge in [0.25, 0.3) is 0 Å². The standard InChI is InChI=1S/C10H17NO2/c1-3-4-5-10(12)11-6-7-13-9(2)8-11/h4-5,9H,3,6-8H2,1-2H3/b5-4+. The van der Waals surface area contributed by atoms with Gasteiger partial charge < -0.3 is 9.64 Å². The Balaban J connectivity index is 2.41. The lowest BCUT2D eigenvalue weighted by atomic mass is 10.3. The molecule has 1 heterocycles. The van der Waals surface area contributed by atoms with Crippen molar-refractivity contribution in [3.05, 3.63) is 12.2 Å². The maximum Gasteiger partial charge on any atom is 0.246 e. The molecule has 1 aliphatic rings. The fraction of sp³-hybridized carbons (Fsp3) is 0.700. The average molecular weight is 183 g/mol. The summed E-state index contributed by atoms with van der Waals surface area (Å²) in [7, 11) is 0. The van der Waals surface area contributed by atoms with Crippen LogP contribution in [0.3, 0.4) is 0 Å². The highest BCUT2D eigenvalue weighted by Gasteiger charge is 2.18. The molecule has 1 aliphatic heterocycles. The van der Waals surface area contributed by atoms with Crippen molar-refractivity contribution in [1.29, 1.82) is 0 Å². The van der Waals surface area contributed by atoms with E-state index in [1.54, 1.807) is 6.08 Å². The Kier molecular flexibility index (Phi) is 3.96. The van der Waals surface area contributed by atoms with Gasteiger partial charge in [0.1, 0.15) is 0 Å². The Morgan fingerprint density at radius 2 is 2.46 bits per heavy atom. The van der Waals surface area contributed by atoms with Crippen molar-refractivity contribution < 1.29 is 9.53 Å². The quantitative estimate of drug-likeness (QED) is 0.602. The number of hydrogen-bond acceptors (Lipinski definition) is 2. The average Bonchev–Trinajstić information content (AvgIpc) is 2.14. The number of nitrogens with zero attached hydrogens (tertiary/aromatic N) is 1. The van der Waals surface area contributed by atoms with Crippen molar-refractivity contribution in [2.75, 3.05) is 19.7 Å². The first-order chi connectivity index (χ1) is 6.24. The maximum atomic E-state index is 11.5. The van der Waals surface area contributed by atoms with E-state index in [2.05, 4.69) is 0 Å². The highest BCUT2D eigenvalue weighted by atomic mass is 16.5. The topological polar surface area (TPSA) is 29.5 Å². The molecular weight excluding hydrogens is 166 g/mol. The van der Waals surface area contributed by atoms with Gasteiger partial charge in [-0.3, -0.25) is 4.79 Å². The molecular formula is C10H17NO2. The number of hydrogen-bond donors (Lipinski definition) is 0. The minimum Gasteiger partial charge on any atom is -0.375 e. The van der Waals surface area contributed by atoms with E-state index in [9.17, 15) is 4.79 Å². The van der Waals surface area contributed by atoms with Gasteiger partial charge in [-0.2, -0.15) is 0 Å². The molecule has 1 unspecified atom stereocenters. The summed E-state index contributed by atoms with van der Waals surface area (Å²) in [5, 5.41) is 0.